The fourth-order valence-electron chi connectivity index (χ4n) is 1.66. The van der Waals surface area contributed by atoms with Crippen LogP contribution in [0.2, 0.25) is 0 Å². The highest BCUT2D eigenvalue weighted by Gasteiger charge is 2.24. The molecule has 0 heterocycles. The maximum atomic E-state index is 12.2. The first-order valence-electron chi connectivity index (χ1n) is 5.71. The number of carbonyl (C=O) groups excluding carboxylic acids is 1. The first-order chi connectivity index (χ1) is 9.01. The number of nitrogens with zero attached hydrogens (tertiary/aromatic N) is 2. The van der Waals surface area contributed by atoms with Crippen LogP contribution in [0.3, 0.4) is 0 Å². The SMILES string of the molecule is C#CCN(CCC)C(=O)c1cc(O)ccc1[N+](=O)[O-]. The number of nitro groups is 1. The normalized spacial score (nSPS) is 9.68. The number of rotatable bonds is 5. The van der Waals surface area contributed by atoms with Crippen LogP contribution in [0.5, 0.6) is 5.75 Å². The summed E-state index contributed by atoms with van der Waals surface area (Å²) in [4.78, 5) is 23.8. The number of carbonyl (C=O) groups is 1. The number of aromatic hydroxyl groups is 1. The Morgan fingerprint density at radius 1 is 1.58 bits per heavy atom. The number of amides is 1. The van der Waals surface area contributed by atoms with Crippen molar-refractivity contribution in [1.29, 1.82) is 0 Å². The highest BCUT2D eigenvalue weighted by atomic mass is 16.6. The first-order valence-corrected chi connectivity index (χ1v) is 5.71. The van der Waals surface area contributed by atoms with Crippen LogP contribution in [0.4, 0.5) is 5.69 Å². The zero-order chi connectivity index (χ0) is 14.4. The minimum Gasteiger partial charge on any atom is -0.508 e. The molecule has 1 aromatic carbocycles. The molecule has 0 fully saturated rings. The summed E-state index contributed by atoms with van der Waals surface area (Å²) >= 11 is 0. The van der Waals surface area contributed by atoms with Crippen molar-refractivity contribution in [3.8, 4) is 18.1 Å². The van der Waals surface area contributed by atoms with E-state index >= 15 is 0 Å². The summed E-state index contributed by atoms with van der Waals surface area (Å²) in [6.07, 6.45) is 5.86. The fourth-order valence-corrected chi connectivity index (χ4v) is 1.66. The molecule has 0 atom stereocenters. The van der Waals surface area contributed by atoms with Crippen LogP contribution >= 0.6 is 0 Å². The largest absolute Gasteiger partial charge is 0.508 e. The molecule has 0 unspecified atom stereocenters. The minimum atomic E-state index is -0.660. The van der Waals surface area contributed by atoms with Crippen molar-refractivity contribution in [3.63, 3.8) is 0 Å². The van der Waals surface area contributed by atoms with Gasteiger partial charge in [0.2, 0.25) is 0 Å². The van der Waals surface area contributed by atoms with E-state index in [1.54, 1.807) is 0 Å². The molecule has 1 aromatic rings. The molecule has 0 aliphatic rings. The molecular weight excluding hydrogens is 248 g/mol. The van der Waals surface area contributed by atoms with Gasteiger partial charge in [0.05, 0.1) is 11.5 Å². The maximum Gasteiger partial charge on any atom is 0.282 e. The van der Waals surface area contributed by atoms with Gasteiger partial charge < -0.3 is 10.0 Å². The Morgan fingerprint density at radius 3 is 2.79 bits per heavy atom. The number of terminal acetylenes is 1. The van der Waals surface area contributed by atoms with Gasteiger partial charge in [-0.1, -0.05) is 12.8 Å². The third-order valence-electron chi connectivity index (χ3n) is 2.47. The van der Waals surface area contributed by atoms with Crippen molar-refractivity contribution in [2.75, 3.05) is 13.1 Å². The molecule has 0 aromatic heterocycles. The van der Waals surface area contributed by atoms with E-state index in [0.717, 1.165) is 12.1 Å². The van der Waals surface area contributed by atoms with Crippen LogP contribution in [0.25, 0.3) is 0 Å². The molecule has 1 N–H and O–H groups in total. The molecule has 0 bridgehead atoms. The Labute approximate surface area is 110 Å². The summed E-state index contributed by atoms with van der Waals surface area (Å²) in [6, 6.07) is 3.35. The topological polar surface area (TPSA) is 83.7 Å². The lowest BCUT2D eigenvalue weighted by molar-refractivity contribution is -0.385. The zero-order valence-electron chi connectivity index (χ0n) is 10.5. The Bertz CT molecular complexity index is 534. The second kappa shape index (κ2) is 6.40. The number of hydrogen-bond acceptors (Lipinski definition) is 4. The lowest BCUT2D eigenvalue weighted by atomic mass is 10.1. The first kappa shape index (κ1) is 14.5. The summed E-state index contributed by atoms with van der Waals surface area (Å²) < 4.78 is 0. The maximum absolute atomic E-state index is 12.2. The molecule has 0 saturated heterocycles. The predicted octanol–water partition coefficient (Wildman–Crippen LogP) is 1.79. The van der Waals surface area contributed by atoms with E-state index in [0.29, 0.717) is 13.0 Å². The summed E-state index contributed by atoms with van der Waals surface area (Å²) in [5.41, 5.74) is -0.505. The summed E-state index contributed by atoms with van der Waals surface area (Å²) in [7, 11) is 0. The molecule has 0 radical (unpaired) electrons. The van der Waals surface area contributed by atoms with Crippen LogP contribution in [0.1, 0.15) is 23.7 Å². The van der Waals surface area contributed by atoms with Gasteiger partial charge in [0.1, 0.15) is 11.3 Å². The van der Waals surface area contributed by atoms with Gasteiger partial charge in [0.15, 0.2) is 0 Å². The lowest BCUT2D eigenvalue weighted by Gasteiger charge is -2.19. The van der Waals surface area contributed by atoms with E-state index < -0.39 is 10.8 Å². The number of hydrogen-bond donors (Lipinski definition) is 1. The average molecular weight is 262 g/mol. The molecule has 1 rings (SSSR count). The Morgan fingerprint density at radius 2 is 2.26 bits per heavy atom. The molecule has 6 nitrogen and oxygen atoms in total. The standard InChI is InChI=1S/C13H14N2O4/c1-3-7-14(8-4-2)13(17)11-9-10(16)5-6-12(11)15(18)19/h1,5-6,9,16H,4,7-8H2,2H3. The van der Waals surface area contributed by atoms with Crippen molar-refractivity contribution in [1.82, 2.24) is 4.90 Å². The quantitative estimate of drug-likeness (QED) is 0.498. The second-order valence-corrected chi connectivity index (χ2v) is 3.89. The molecule has 6 heteroatoms. The van der Waals surface area contributed by atoms with E-state index in [-0.39, 0.29) is 23.5 Å². The summed E-state index contributed by atoms with van der Waals surface area (Å²) in [5, 5.41) is 20.3. The second-order valence-electron chi connectivity index (χ2n) is 3.89. The highest BCUT2D eigenvalue weighted by molar-refractivity contribution is 5.98. The Hall–Kier alpha value is -2.55. The van der Waals surface area contributed by atoms with Crippen LogP contribution in [0, 0.1) is 22.5 Å². The molecule has 0 saturated carbocycles. The lowest BCUT2D eigenvalue weighted by Crippen LogP contribution is -2.32. The van der Waals surface area contributed by atoms with Gasteiger partial charge in [0.25, 0.3) is 11.6 Å². The minimum absolute atomic E-state index is 0.0689. The van der Waals surface area contributed by atoms with Gasteiger partial charge in [-0.05, 0) is 18.6 Å². The monoisotopic (exact) mass is 262 g/mol. The Balaban J connectivity index is 3.19. The number of nitro benzene ring substituents is 1. The number of phenolic OH excluding ortho intramolecular Hbond substituents is 1. The van der Waals surface area contributed by atoms with E-state index in [2.05, 4.69) is 5.92 Å². The molecule has 100 valence electrons. The smallest absolute Gasteiger partial charge is 0.282 e. The van der Waals surface area contributed by atoms with Crippen molar-refractivity contribution in [3.05, 3.63) is 33.9 Å². The molecule has 0 spiro atoms. The molecule has 0 aliphatic carbocycles. The predicted molar refractivity (Wildman–Crippen MR) is 69.8 cm³/mol. The molecular formula is C13H14N2O4. The van der Waals surface area contributed by atoms with Crippen LogP contribution < -0.4 is 0 Å². The third kappa shape index (κ3) is 3.45. The highest BCUT2D eigenvalue weighted by Crippen LogP contribution is 2.24. The molecule has 0 aliphatic heterocycles. The van der Waals surface area contributed by atoms with Crippen molar-refractivity contribution >= 4 is 11.6 Å². The Kier molecular flexibility index (Phi) is 4.89. The van der Waals surface area contributed by atoms with Crippen LogP contribution in [0.15, 0.2) is 18.2 Å². The van der Waals surface area contributed by atoms with Gasteiger partial charge >= 0.3 is 0 Å². The van der Waals surface area contributed by atoms with E-state index in [4.69, 9.17) is 6.42 Å². The number of phenols is 1. The number of benzene rings is 1. The van der Waals surface area contributed by atoms with Gasteiger partial charge in [-0.15, -0.1) is 6.42 Å². The van der Waals surface area contributed by atoms with Crippen molar-refractivity contribution in [2.24, 2.45) is 0 Å². The van der Waals surface area contributed by atoms with Gasteiger partial charge in [-0.3, -0.25) is 14.9 Å². The molecule has 1 amide bonds. The molecule has 19 heavy (non-hydrogen) atoms. The summed E-state index contributed by atoms with van der Waals surface area (Å²) in [5.74, 6) is 1.58. The van der Waals surface area contributed by atoms with E-state index in [1.807, 2.05) is 6.92 Å². The average Bonchev–Trinajstić information content (AvgIpc) is 2.37. The van der Waals surface area contributed by atoms with Crippen LogP contribution in [-0.2, 0) is 0 Å². The van der Waals surface area contributed by atoms with Gasteiger partial charge in [-0.2, -0.15) is 0 Å². The summed E-state index contributed by atoms with van der Waals surface area (Å²) in [6.45, 7) is 2.34. The van der Waals surface area contributed by atoms with Gasteiger partial charge in [0, 0.05) is 12.6 Å². The third-order valence-corrected chi connectivity index (χ3v) is 2.47. The van der Waals surface area contributed by atoms with E-state index in [9.17, 15) is 20.0 Å². The van der Waals surface area contributed by atoms with Crippen molar-refractivity contribution in [2.45, 2.75) is 13.3 Å². The van der Waals surface area contributed by atoms with E-state index in [1.165, 1.54) is 11.0 Å². The fraction of sp³-hybridized carbons (Fsp3) is 0.308. The van der Waals surface area contributed by atoms with Crippen LogP contribution in [-0.4, -0.2) is 33.9 Å². The van der Waals surface area contributed by atoms with Gasteiger partial charge in [-0.25, -0.2) is 0 Å². The zero-order valence-corrected chi connectivity index (χ0v) is 10.5. The van der Waals surface area contributed by atoms with Crippen molar-refractivity contribution < 1.29 is 14.8 Å².